The lowest BCUT2D eigenvalue weighted by molar-refractivity contribution is 0.207. The molecule has 0 bridgehead atoms. The Bertz CT molecular complexity index is 647. The summed E-state index contributed by atoms with van der Waals surface area (Å²) in [4.78, 5) is 9.42. The van der Waals surface area contributed by atoms with Crippen LogP contribution in [0.5, 0.6) is 0 Å². The standard InChI is InChI=1S/C17H24ClN3/c1-10-5-6-15(12(3)7-10)21-16(13(4)18)20-14-8-11(2)9-19-17(14)21/h8-10,12-13,15H,5-7H2,1-4H3. The van der Waals surface area contributed by atoms with E-state index in [2.05, 4.69) is 36.4 Å². The maximum atomic E-state index is 6.40. The van der Waals surface area contributed by atoms with E-state index < -0.39 is 0 Å². The van der Waals surface area contributed by atoms with Crippen molar-refractivity contribution in [3.8, 4) is 0 Å². The third kappa shape index (κ3) is 2.68. The Balaban J connectivity index is 2.13. The summed E-state index contributed by atoms with van der Waals surface area (Å²) in [6.45, 7) is 8.76. The molecule has 4 unspecified atom stereocenters. The molecule has 114 valence electrons. The first kappa shape index (κ1) is 14.8. The molecule has 0 N–H and O–H groups in total. The first-order chi connectivity index (χ1) is 9.97. The Morgan fingerprint density at radius 3 is 2.76 bits per heavy atom. The van der Waals surface area contributed by atoms with Crippen LogP contribution >= 0.6 is 11.6 Å². The third-order valence-electron chi connectivity index (χ3n) is 4.77. The normalized spacial score (nSPS) is 28.0. The average molecular weight is 306 g/mol. The minimum atomic E-state index is -0.0916. The van der Waals surface area contributed by atoms with Crippen LogP contribution in [0.4, 0.5) is 0 Å². The Morgan fingerprint density at radius 1 is 1.33 bits per heavy atom. The van der Waals surface area contributed by atoms with Gasteiger partial charge in [-0.1, -0.05) is 13.8 Å². The van der Waals surface area contributed by atoms with E-state index in [1.807, 2.05) is 13.1 Å². The maximum Gasteiger partial charge on any atom is 0.160 e. The van der Waals surface area contributed by atoms with Crippen molar-refractivity contribution in [1.29, 1.82) is 0 Å². The quantitative estimate of drug-likeness (QED) is 0.728. The molecular formula is C17H24ClN3. The average Bonchev–Trinajstić information content (AvgIpc) is 2.77. The molecule has 1 saturated carbocycles. The Labute approximate surface area is 131 Å². The molecule has 2 heterocycles. The predicted octanol–water partition coefficient (Wildman–Crippen LogP) is 5.04. The van der Waals surface area contributed by atoms with E-state index in [-0.39, 0.29) is 5.38 Å². The number of hydrogen-bond donors (Lipinski definition) is 0. The molecule has 21 heavy (non-hydrogen) atoms. The van der Waals surface area contributed by atoms with E-state index in [1.54, 1.807) is 0 Å². The molecule has 3 nitrogen and oxygen atoms in total. The van der Waals surface area contributed by atoms with Gasteiger partial charge < -0.3 is 4.57 Å². The van der Waals surface area contributed by atoms with Crippen molar-refractivity contribution < 1.29 is 0 Å². The van der Waals surface area contributed by atoms with Crippen LogP contribution in [0.15, 0.2) is 12.3 Å². The first-order valence-electron chi connectivity index (χ1n) is 7.96. The summed E-state index contributed by atoms with van der Waals surface area (Å²) in [6, 6.07) is 2.58. The van der Waals surface area contributed by atoms with Crippen LogP contribution < -0.4 is 0 Å². The highest BCUT2D eigenvalue weighted by atomic mass is 35.5. The monoisotopic (exact) mass is 305 g/mol. The van der Waals surface area contributed by atoms with E-state index in [0.717, 1.165) is 28.5 Å². The minimum absolute atomic E-state index is 0.0916. The van der Waals surface area contributed by atoms with Crippen LogP contribution in [0.3, 0.4) is 0 Å². The lowest BCUT2D eigenvalue weighted by Crippen LogP contribution is -2.26. The molecule has 4 heteroatoms. The van der Waals surface area contributed by atoms with Gasteiger partial charge in [0.15, 0.2) is 5.65 Å². The SMILES string of the molecule is Cc1cnc2c(c1)nc(C(C)Cl)n2C1CCC(C)CC1C. The van der Waals surface area contributed by atoms with E-state index in [9.17, 15) is 0 Å². The molecule has 1 aliphatic carbocycles. The predicted molar refractivity (Wildman–Crippen MR) is 87.7 cm³/mol. The van der Waals surface area contributed by atoms with E-state index in [4.69, 9.17) is 16.6 Å². The number of rotatable bonds is 2. The molecule has 1 aliphatic rings. The molecule has 0 saturated heterocycles. The number of pyridine rings is 1. The lowest BCUT2D eigenvalue weighted by atomic mass is 9.79. The van der Waals surface area contributed by atoms with Gasteiger partial charge in [0.1, 0.15) is 11.3 Å². The number of aromatic nitrogens is 3. The van der Waals surface area contributed by atoms with Crippen LogP contribution in [-0.2, 0) is 0 Å². The molecule has 3 rings (SSSR count). The topological polar surface area (TPSA) is 30.7 Å². The van der Waals surface area contributed by atoms with Gasteiger partial charge in [-0.3, -0.25) is 0 Å². The van der Waals surface area contributed by atoms with Crippen molar-refractivity contribution in [3.63, 3.8) is 0 Å². The lowest BCUT2D eigenvalue weighted by Gasteiger charge is -2.34. The van der Waals surface area contributed by atoms with Gasteiger partial charge in [0, 0.05) is 12.2 Å². The van der Waals surface area contributed by atoms with Crippen molar-refractivity contribution in [3.05, 3.63) is 23.7 Å². The van der Waals surface area contributed by atoms with E-state index in [0.29, 0.717) is 12.0 Å². The summed E-state index contributed by atoms with van der Waals surface area (Å²) in [7, 11) is 0. The van der Waals surface area contributed by atoms with Crippen LogP contribution in [0.1, 0.15) is 62.8 Å². The number of halogens is 1. The van der Waals surface area contributed by atoms with Gasteiger partial charge in [0.05, 0.1) is 5.38 Å². The van der Waals surface area contributed by atoms with Crippen molar-refractivity contribution in [2.75, 3.05) is 0 Å². The fourth-order valence-corrected chi connectivity index (χ4v) is 3.89. The fraction of sp³-hybridized carbons (Fsp3) is 0.647. The van der Waals surface area contributed by atoms with Crippen molar-refractivity contribution >= 4 is 22.8 Å². The van der Waals surface area contributed by atoms with Crippen molar-refractivity contribution in [1.82, 2.24) is 14.5 Å². The summed E-state index contributed by atoms with van der Waals surface area (Å²) in [5.74, 6) is 2.43. The second-order valence-corrected chi connectivity index (χ2v) is 7.43. The van der Waals surface area contributed by atoms with E-state index in [1.165, 1.54) is 19.3 Å². The second kappa shape index (κ2) is 5.60. The van der Waals surface area contributed by atoms with Gasteiger partial charge in [-0.15, -0.1) is 11.6 Å². The fourth-order valence-electron chi connectivity index (χ4n) is 3.74. The van der Waals surface area contributed by atoms with Crippen LogP contribution in [-0.4, -0.2) is 14.5 Å². The van der Waals surface area contributed by atoms with Gasteiger partial charge in [0.2, 0.25) is 0 Å². The second-order valence-electron chi connectivity index (χ2n) is 6.77. The van der Waals surface area contributed by atoms with Crippen LogP contribution in [0, 0.1) is 18.8 Å². The number of hydrogen-bond acceptors (Lipinski definition) is 2. The van der Waals surface area contributed by atoms with Gasteiger partial charge >= 0.3 is 0 Å². The number of fused-ring (bicyclic) bond motifs is 1. The molecule has 1 fully saturated rings. The van der Waals surface area contributed by atoms with Crippen molar-refractivity contribution in [2.45, 2.75) is 58.4 Å². The third-order valence-corrected chi connectivity index (χ3v) is 4.96. The van der Waals surface area contributed by atoms with Gasteiger partial charge in [0.25, 0.3) is 0 Å². The molecular weight excluding hydrogens is 282 g/mol. The summed E-state index contributed by atoms with van der Waals surface area (Å²) < 4.78 is 2.32. The summed E-state index contributed by atoms with van der Waals surface area (Å²) in [5.41, 5.74) is 3.11. The molecule has 0 amide bonds. The highest BCUT2D eigenvalue weighted by Crippen LogP contribution is 2.40. The largest absolute Gasteiger partial charge is 0.308 e. The molecule has 0 radical (unpaired) electrons. The smallest absolute Gasteiger partial charge is 0.160 e. The molecule has 0 aliphatic heterocycles. The summed E-state index contributed by atoms with van der Waals surface area (Å²) >= 11 is 6.40. The first-order valence-corrected chi connectivity index (χ1v) is 8.39. The minimum Gasteiger partial charge on any atom is -0.308 e. The maximum absolute atomic E-state index is 6.40. The number of alkyl halides is 1. The number of nitrogens with zero attached hydrogens (tertiary/aromatic N) is 3. The number of aryl methyl sites for hydroxylation is 1. The Kier molecular flexibility index (Phi) is 3.96. The zero-order valence-corrected chi connectivity index (χ0v) is 14.1. The summed E-state index contributed by atoms with van der Waals surface area (Å²) in [6.07, 6.45) is 5.67. The zero-order valence-electron chi connectivity index (χ0n) is 13.3. The molecule has 0 spiro atoms. The molecule has 0 aromatic carbocycles. The number of imidazole rings is 1. The van der Waals surface area contributed by atoms with Gasteiger partial charge in [-0.2, -0.15) is 0 Å². The van der Waals surface area contributed by atoms with Crippen molar-refractivity contribution in [2.24, 2.45) is 11.8 Å². The molecule has 2 aromatic rings. The Hall–Kier alpha value is -1.09. The van der Waals surface area contributed by atoms with Gasteiger partial charge in [-0.25, -0.2) is 9.97 Å². The highest BCUT2D eigenvalue weighted by molar-refractivity contribution is 6.20. The zero-order chi connectivity index (χ0) is 15.1. The van der Waals surface area contributed by atoms with Crippen LogP contribution in [0.25, 0.3) is 11.2 Å². The highest BCUT2D eigenvalue weighted by Gasteiger charge is 2.30. The Morgan fingerprint density at radius 2 is 2.10 bits per heavy atom. The molecule has 2 aromatic heterocycles. The van der Waals surface area contributed by atoms with E-state index >= 15 is 0 Å². The molecule has 4 atom stereocenters. The van der Waals surface area contributed by atoms with Gasteiger partial charge in [-0.05, 0) is 56.6 Å². The van der Waals surface area contributed by atoms with Crippen LogP contribution in [0.2, 0.25) is 0 Å². The summed E-state index contributed by atoms with van der Waals surface area (Å²) in [5, 5.41) is -0.0916.